The second-order valence-electron chi connectivity index (χ2n) is 9.81. The molecule has 4 rings (SSSR count). The molecule has 3 aromatic carbocycles. The Morgan fingerprint density at radius 3 is 2.41 bits per heavy atom. The van der Waals surface area contributed by atoms with Gasteiger partial charge in [0.1, 0.15) is 29.1 Å². The number of anilines is 1. The number of nitrogens with one attached hydrogen (secondary N) is 3. The van der Waals surface area contributed by atoms with Crippen molar-refractivity contribution in [1.82, 2.24) is 14.9 Å². The number of nitrogens with zero attached hydrogens (tertiary/aromatic N) is 2. The van der Waals surface area contributed by atoms with Crippen molar-refractivity contribution in [3.05, 3.63) is 95.3 Å². The summed E-state index contributed by atoms with van der Waals surface area (Å²) in [6.45, 7) is 5.10. The molecule has 1 amide bonds. The number of rotatable bonds is 7. The number of H-pyrrole nitrogens is 1. The minimum atomic E-state index is -3.93. The summed E-state index contributed by atoms with van der Waals surface area (Å²) in [5.74, 6) is -3.53. The minimum Gasteiger partial charge on any atom is -0.422 e. The van der Waals surface area contributed by atoms with Crippen LogP contribution in [0, 0.1) is 23.0 Å². The predicted octanol–water partition coefficient (Wildman–Crippen LogP) is 4.77. The summed E-state index contributed by atoms with van der Waals surface area (Å²) in [6.07, 6.45) is 0. The third-order valence-corrected chi connectivity index (χ3v) is 7.26. The van der Waals surface area contributed by atoms with Crippen molar-refractivity contribution in [3.63, 3.8) is 0 Å². The van der Waals surface area contributed by atoms with E-state index < -0.39 is 39.1 Å². The highest BCUT2D eigenvalue weighted by atomic mass is 32.2. The van der Waals surface area contributed by atoms with Crippen LogP contribution >= 0.6 is 0 Å². The normalized spacial score (nSPS) is 11.5. The molecular formula is C28H23F2N5O5S. The van der Waals surface area contributed by atoms with Gasteiger partial charge in [0.15, 0.2) is 5.69 Å². The van der Waals surface area contributed by atoms with Crippen LogP contribution in [0.3, 0.4) is 0 Å². The number of carbonyl (C=O) groups excluding carboxylic acids is 2. The van der Waals surface area contributed by atoms with E-state index in [1.54, 1.807) is 45.0 Å². The Kier molecular flexibility index (Phi) is 8.00. The lowest BCUT2D eigenvalue weighted by Gasteiger charge is -2.21. The highest BCUT2D eigenvalue weighted by molar-refractivity contribution is 7.89. The van der Waals surface area contributed by atoms with Gasteiger partial charge in [-0.05, 0) is 56.7 Å². The van der Waals surface area contributed by atoms with Crippen LogP contribution in [0.25, 0.3) is 11.1 Å². The highest BCUT2D eigenvalue weighted by Gasteiger charge is 2.25. The summed E-state index contributed by atoms with van der Waals surface area (Å²) in [6, 6.07) is 15.8. The van der Waals surface area contributed by atoms with Gasteiger partial charge >= 0.3 is 5.97 Å². The number of hydrogen-bond acceptors (Lipinski definition) is 7. The fourth-order valence-corrected chi connectivity index (χ4v) is 5.38. The van der Waals surface area contributed by atoms with Gasteiger partial charge in [-0.3, -0.25) is 9.89 Å². The second-order valence-corrected chi connectivity index (χ2v) is 11.5. The van der Waals surface area contributed by atoms with Crippen LogP contribution in [0.5, 0.6) is 5.75 Å². The number of nitriles is 1. The van der Waals surface area contributed by atoms with Crippen molar-refractivity contribution >= 4 is 27.6 Å². The zero-order valence-electron chi connectivity index (χ0n) is 22.0. The smallest absolute Gasteiger partial charge is 0.361 e. The lowest BCUT2D eigenvalue weighted by molar-refractivity contribution is 0.0728. The van der Waals surface area contributed by atoms with Crippen LogP contribution in [0.15, 0.2) is 71.6 Å². The first-order valence-corrected chi connectivity index (χ1v) is 13.5. The molecule has 0 atom stereocenters. The number of aromatic nitrogens is 2. The van der Waals surface area contributed by atoms with Crippen molar-refractivity contribution in [2.45, 2.75) is 31.2 Å². The molecule has 0 radical (unpaired) electrons. The summed E-state index contributed by atoms with van der Waals surface area (Å²) >= 11 is 0. The lowest BCUT2D eigenvalue weighted by atomic mass is 10.0. The van der Waals surface area contributed by atoms with Crippen LogP contribution < -0.4 is 14.8 Å². The van der Waals surface area contributed by atoms with Crippen LogP contribution in [-0.2, 0) is 10.0 Å². The van der Waals surface area contributed by atoms with E-state index in [9.17, 15) is 22.4 Å². The number of benzene rings is 3. The molecule has 0 fully saturated rings. The van der Waals surface area contributed by atoms with E-state index in [4.69, 9.17) is 10.00 Å². The first-order valence-electron chi connectivity index (χ1n) is 12.0. The van der Waals surface area contributed by atoms with Crippen molar-refractivity contribution in [2.24, 2.45) is 0 Å². The van der Waals surface area contributed by atoms with Crippen LogP contribution in [0.4, 0.5) is 14.5 Å². The number of sulfonamides is 1. The van der Waals surface area contributed by atoms with Gasteiger partial charge in [0.2, 0.25) is 10.0 Å². The number of ether oxygens (including phenoxy) is 1. The van der Waals surface area contributed by atoms with Gasteiger partial charge in [0, 0.05) is 23.2 Å². The number of halogens is 2. The fourth-order valence-electron chi connectivity index (χ4n) is 3.73. The van der Waals surface area contributed by atoms with Crippen molar-refractivity contribution in [3.8, 4) is 22.9 Å². The third-order valence-electron chi connectivity index (χ3n) is 5.44. The first-order chi connectivity index (χ1) is 19.3. The van der Waals surface area contributed by atoms with E-state index in [1.165, 1.54) is 18.2 Å². The predicted molar refractivity (Wildman–Crippen MR) is 145 cm³/mol. The zero-order chi connectivity index (χ0) is 29.9. The van der Waals surface area contributed by atoms with E-state index >= 15 is 4.39 Å². The standard InChI is InChI=1S/C28H23F2N5O5S/c1-28(2,3)35-41(38,39)25-7-5-4-6-19(25)16-8-11-22(21(30)13-16)32-26(36)23-14-24(34-33-23)27(37)40-18-9-10-20(29)17(12-18)15-31/h4-14,35H,1-3H3,(H,32,36)(H,33,34). The Morgan fingerprint density at radius 1 is 1.00 bits per heavy atom. The maximum atomic E-state index is 15.0. The third kappa shape index (κ3) is 6.81. The highest BCUT2D eigenvalue weighted by Crippen LogP contribution is 2.30. The number of hydrogen-bond donors (Lipinski definition) is 3. The molecule has 0 aliphatic carbocycles. The van der Waals surface area contributed by atoms with Gasteiger partial charge < -0.3 is 10.1 Å². The van der Waals surface area contributed by atoms with Crippen LogP contribution in [0.2, 0.25) is 0 Å². The number of aromatic amines is 1. The number of esters is 1. The first kappa shape index (κ1) is 29.1. The molecule has 0 aliphatic heterocycles. The molecule has 0 saturated carbocycles. The molecule has 0 aliphatic rings. The van der Waals surface area contributed by atoms with E-state index in [0.29, 0.717) is 0 Å². The maximum absolute atomic E-state index is 15.0. The fraction of sp³-hybridized carbons (Fsp3) is 0.143. The maximum Gasteiger partial charge on any atom is 0.361 e. The molecule has 41 heavy (non-hydrogen) atoms. The van der Waals surface area contributed by atoms with Crippen LogP contribution in [0.1, 0.15) is 47.3 Å². The molecule has 13 heteroatoms. The van der Waals surface area contributed by atoms with Crippen molar-refractivity contribution in [1.29, 1.82) is 5.26 Å². The summed E-state index contributed by atoms with van der Waals surface area (Å²) < 4.78 is 62.1. The molecule has 0 spiro atoms. The molecule has 4 aromatic rings. The van der Waals surface area contributed by atoms with E-state index in [-0.39, 0.29) is 44.4 Å². The second kappa shape index (κ2) is 11.3. The SMILES string of the molecule is CC(C)(C)NS(=O)(=O)c1ccccc1-c1ccc(NC(=O)c2cc(C(=O)Oc3ccc(F)c(C#N)c3)[nH]n2)c(F)c1. The van der Waals surface area contributed by atoms with Crippen LogP contribution in [-0.4, -0.2) is 36.0 Å². The van der Waals surface area contributed by atoms with Gasteiger partial charge in [-0.15, -0.1) is 0 Å². The largest absolute Gasteiger partial charge is 0.422 e. The van der Waals surface area contributed by atoms with Gasteiger partial charge in [0.05, 0.1) is 16.1 Å². The molecule has 3 N–H and O–H groups in total. The number of amides is 1. The molecule has 1 aromatic heterocycles. The average molecular weight is 580 g/mol. The minimum absolute atomic E-state index is 0.0356. The van der Waals surface area contributed by atoms with Gasteiger partial charge in [-0.2, -0.15) is 10.4 Å². The Hall–Kier alpha value is -4.93. The van der Waals surface area contributed by atoms with E-state index in [0.717, 1.165) is 30.3 Å². The summed E-state index contributed by atoms with van der Waals surface area (Å²) in [5, 5.41) is 17.3. The number of carbonyl (C=O) groups is 2. The molecule has 0 saturated heterocycles. The summed E-state index contributed by atoms with van der Waals surface area (Å²) in [4.78, 5) is 25.0. The summed E-state index contributed by atoms with van der Waals surface area (Å²) in [7, 11) is -3.93. The quantitative estimate of drug-likeness (QED) is 0.210. The molecule has 10 nitrogen and oxygen atoms in total. The van der Waals surface area contributed by atoms with E-state index in [1.807, 2.05) is 0 Å². The topological polar surface area (TPSA) is 154 Å². The van der Waals surface area contributed by atoms with Crippen molar-refractivity contribution in [2.75, 3.05) is 5.32 Å². The average Bonchev–Trinajstić information content (AvgIpc) is 3.40. The van der Waals surface area contributed by atoms with Gasteiger partial charge in [-0.25, -0.2) is 26.7 Å². The zero-order valence-corrected chi connectivity index (χ0v) is 22.8. The molecular weight excluding hydrogens is 556 g/mol. The lowest BCUT2D eigenvalue weighted by Crippen LogP contribution is -2.40. The summed E-state index contributed by atoms with van der Waals surface area (Å²) in [5.41, 5.74) is -1.23. The Bertz CT molecular complexity index is 1810. The van der Waals surface area contributed by atoms with Gasteiger partial charge in [0.25, 0.3) is 5.91 Å². The Labute approximate surface area is 234 Å². The molecule has 210 valence electrons. The Morgan fingerprint density at radius 2 is 1.73 bits per heavy atom. The van der Waals surface area contributed by atoms with Crippen molar-refractivity contribution < 1.29 is 31.5 Å². The molecule has 0 bridgehead atoms. The molecule has 0 unspecified atom stereocenters. The van der Waals surface area contributed by atoms with E-state index in [2.05, 4.69) is 20.2 Å². The van der Waals surface area contributed by atoms with Gasteiger partial charge in [-0.1, -0.05) is 24.3 Å². The monoisotopic (exact) mass is 579 g/mol. The Balaban J connectivity index is 1.50. The molecule has 1 heterocycles.